The Labute approximate surface area is 218 Å². The fourth-order valence-corrected chi connectivity index (χ4v) is 5.91. The Morgan fingerprint density at radius 2 is 1.86 bits per heavy atom. The lowest BCUT2D eigenvalue weighted by atomic mass is 10.1. The molecule has 1 atom stereocenters. The molecule has 0 spiro atoms. The molecule has 12 heteroatoms. The van der Waals surface area contributed by atoms with E-state index in [0.717, 1.165) is 22.4 Å². The zero-order valence-corrected chi connectivity index (χ0v) is 21.6. The summed E-state index contributed by atoms with van der Waals surface area (Å²) in [6.07, 6.45) is 6.41. The number of hydrogen-bond acceptors (Lipinski definition) is 8. The number of anilines is 1. The van der Waals surface area contributed by atoms with E-state index in [2.05, 4.69) is 25.4 Å². The summed E-state index contributed by atoms with van der Waals surface area (Å²) in [5.74, 6) is 2.08. The minimum absolute atomic E-state index is 0.357. The lowest BCUT2D eigenvalue weighted by Gasteiger charge is -2.28. The summed E-state index contributed by atoms with van der Waals surface area (Å²) < 4.78 is 25.7. The molecule has 1 fully saturated rings. The number of benzene rings is 1. The van der Waals surface area contributed by atoms with Crippen molar-refractivity contribution in [3.63, 3.8) is 0 Å². The van der Waals surface area contributed by atoms with Crippen LogP contribution in [0.4, 0.5) is 5.82 Å². The third-order valence-corrected chi connectivity index (χ3v) is 8.25. The van der Waals surface area contributed by atoms with Gasteiger partial charge in [-0.3, -0.25) is 14.9 Å². The van der Waals surface area contributed by atoms with Gasteiger partial charge < -0.3 is 9.64 Å². The van der Waals surface area contributed by atoms with Crippen LogP contribution in [0, 0.1) is 4.78 Å². The zero-order valence-electron chi connectivity index (χ0n) is 19.3. The molecule has 3 aromatic heterocycles. The molecule has 2 N–H and O–H groups in total. The molecular weight excluding hydrogens is 521 g/mol. The second kappa shape index (κ2) is 10.0. The maximum absolute atomic E-state index is 11.9. The van der Waals surface area contributed by atoms with E-state index in [4.69, 9.17) is 32.7 Å². The Kier molecular flexibility index (Phi) is 6.83. The summed E-state index contributed by atoms with van der Waals surface area (Å²) in [6, 6.07) is 9.43. The number of pyridine rings is 1. The molecule has 5 rings (SSSR count). The average Bonchev–Trinajstić information content (AvgIpc) is 3.25. The highest BCUT2D eigenvalue weighted by Gasteiger charge is 2.20. The normalized spacial score (nSPS) is 16.5. The summed E-state index contributed by atoms with van der Waals surface area (Å²) in [7, 11) is -2.45. The second-order valence-electron chi connectivity index (χ2n) is 8.45. The van der Waals surface area contributed by atoms with Gasteiger partial charge in [0.25, 0.3) is 0 Å². The molecular formula is C24H23Cl2N7O2S. The molecule has 4 heterocycles. The molecule has 0 aliphatic carbocycles. The Balaban J connectivity index is 1.31. The zero-order chi connectivity index (χ0) is 25.3. The van der Waals surface area contributed by atoms with Crippen molar-refractivity contribution in [3.8, 4) is 5.75 Å². The molecule has 186 valence electrons. The van der Waals surface area contributed by atoms with Crippen molar-refractivity contribution < 1.29 is 8.95 Å². The number of aromatic nitrogens is 5. The summed E-state index contributed by atoms with van der Waals surface area (Å²) >= 11 is 12.5. The van der Waals surface area contributed by atoms with Gasteiger partial charge in [-0.2, -0.15) is 5.10 Å². The highest BCUT2D eigenvalue weighted by Crippen LogP contribution is 2.33. The number of aromatic amines is 1. The van der Waals surface area contributed by atoms with E-state index in [1.54, 1.807) is 12.4 Å². The van der Waals surface area contributed by atoms with Crippen LogP contribution >= 0.6 is 23.2 Å². The van der Waals surface area contributed by atoms with E-state index in [0.29, 0.717) is 51.6 Å². The quantitative estimate of drug-likeness (QED) is 0.341. The number of hydrogen-bond donors (Lipinski definition) is 2. The first kappa shape index (κ1) is 24.5. The topological polar surface area (TPSA) is 121 Å². The molecule has 1 saturated heterocycles. The van der Waals surface area contributed by atoms with Crippen LogP contribution in [-0.2, 0) is 9.73 Å². The predicted molar refractivity (Wildman–Crippen MR) is 143 cm³/mol. The minimum Gasteiger partial charge on any atom is -0.486 e. The Bertz CT molecular complexity index is 1500. The number of nitrogens with zero attached hydrogens (tertiary/aromatic N) is 5. The fourth-order valence-electron chi connectivity index (χ4n) is 4.00. The maximum atomic E-state index is 11.9. The van der Waals surface area contributed by atoms with Gasteiger partial charge in [-0.15, -0.1) is 10.2 Å². The van der Waals surface area contributed by atoms with Crippen LogP contribution in [0.1, 0.15) is 30.0 Å². The van der Waals surface area contributed by atoms with Gasteiger partial charge in [0.05, 0.1) is 26.9 Å². The summed E-state index contributed by atoms with van der Waals surface area (Å²) in [5, 5.41) is 17.8. The van der Waals surface area contributed by atoms with Crippen molar-refractivity contribution >= 4 is 61.8 Å². The van der Waals surface area contributed by atoms with Crippen LogP contribution in [0.15, 0.2) is 42.7 Å². The van der Waals surface area contributed by atoms with Crippen molar-refractivity contribution in [2.45, 2.75) is 13.0 Å². The van der Waals surface area contributed by atoms with E-state index in [1.165, 1.54) is 0 Å². The van der Waals surface area contributed by atoms with Gasteiger partial charge in [-0.25, -0.2) is 4.21 Å². The second-order valence-corrected chi connectivity index (χ2v) is 11.7. The van der Waals surface area contributed by atoms with Crippen LogP contribution in [0.3, 0.4) is 0 Å². The number of halogens is 2. The smallest absolute Gasteiger partial charge is 0.151 e. The Morgan fingerprint density at radius 3 is 2.56 bits per heavy atom. The Hall–Kier alpha value is -3.21. The van der Waals surface area contributed by atoms with Crippen molar-refractivity contribution in [2.24, 2.45) is 0 Å². The standard InChI is InChI=1S/C24H23Cl2N7O2S/c1-15(24-19(25)13-28-14-20(24)26)35-17-4-6-22-18(12-17)21(30-31-22)5-2-16-3-7-23(32-29-16)33-8-10-36(27,34)11-9-33/h2-7,12-15,27H,8-11H2,1H3,(H,30,31)/b5-2+. The van der Waals surface area contributed by atoms with Crippen LogP contribution in [-0.4, -0.2) is 54.2 Å². The molecule has 1 aliphatic rings. The van der Waals surface area contributed by atoms with Crippen LogP contribution < -0.4 is 9.64 Å². The number of rotatable bonds is 6. The van der Waals surface area contributed by atoms with Gasteiger partial charge >= 0.3 is 0 Å². The number of nitrogens with one attached hydrogen (secondary N) is 2. The van der Waals surface area contributed by atoms with Gasteiger partial charge in [0.2, 0.25) is 0 Å². The van der Waals surface area contributed by atoms with Crippen LogP contribution in [0.2, 0.25) is 10.0 Å². The molecule has 1 aromatic carbocycles. The maximum Gasteiger partial charge on any atom is 0.151 e. The molecule has 0 bridgehead atoms. The van der Waals surface area contributed by atoms with E-state index in [9.17, 15) is 4.21 Å². The molecule has 1 aliphatic heterocycles. The monoisotopic (exact) mass is 543 g/mol. The largest absolute Gasteiger partial charge is 0.486 e. The van der Waals surface area contributed by atoms with E-state index in [-0.39, 0.29) is 6.10 Å². The van der Waals surface area contributed by atoms with Gasteiger partial charge in [-0.05, 0) is 49.4 Å². The van der Waals surface area contributed by atoms with Crippen LogP contribution in [0.25, 0.3) is 23.1 Å². The van der Waals surface area contributed by atoms with Crippen molar-refractivity contribution in [3.05, 3.63) is 69.7 Å². The number of H-pyrrole nitrogens is 1. The lowest BCUT2D eigenvalue weighted by Crippen LogP contribution is -2.40. The predicted octanol–water partition coefficient (Wildman–Crippen LogP) is 5.23. The fraction of sp³-hybridized carbons (Fsp3) is 0.250. The molecule has 4 aromatic rings. The van der Waals surface area contributed by atoms with Gasteiger partial charge in [0, 0.05) is 57.7 Å². The third-order valence-electron chi connectivity index (χ3n) is 5.96. The van der Waals surface area contributed by atoms with Crippen LogP contribution in [0.5, 0.6) is 5.75 Å². The van der Waals surface area contributed by atoms with E-state index < -0.39 is 9.73 Å². The summed E-state index contributed by atoms with van der Waals surface area (Å²) in [6.45, 7) is 2.98. The first-order chi connectivity index (χ1) is 17.3. The number of ether oxygens (including phenoxy) is 1. The minimum atomic E-state index is -2.45. The highest BCUT2D eigenvalue weighted by atomic mass is 35.5. The first-order valence-corrected chi connectivity index (χ1v) is 13.9. The lowest BCUT2D eigenvalue weighted by molar-refractivity contribution is 0.227. The van der Waals surface area contributed by atoms with E-state index >= 15 is 0 Å². The van der Waals surface area contributed by atoms with Crippen molar-refractivity contribution in [1.29, 1.82) is 4.78 Å². The first-order valence-electron chi connectivity index (χ1n) is 11.2. The summed E-state index contributed by atoms with van der Waals surface area (Å²) in [5.41, 5.74) is 2.96. The van der Waals surface area contributed by atoms with Crippen molar-refractivity contribution in [2.75, 3.05) is 29.5 Å². The molecule has 36 heavy (non-hydrogen) atoms. The molecule has 0 saturated carbocycles. The van der Waals surface area contributed by atoms with Gasteiger partial charge in [0.15, 0.2) is 5.82 Å². The SMILES string of the molecule is CC(Oc1ccc2[nH]nc(/C=C/c3ccc(N4CCS(=N)(=O)CC4)nn3)c2c1)c1c(Cl)cncc1Cl. The average molecular weight is 544 g/mol. The molecule has 0 amide bonds. The third kappa shape index (κ3) is 5.30. The number of fused-ring (bicyclic) bond motifs is 1. The van der Waals surface area contributed by atoms with Gasteiger partial charge in [0.1, 0.15) is 11.9 Å². The van der Waals surface area contributed by atoms with Gasteiger partial charge in [-0.1, -0.05) is 23.2 Å². The molecule has 1 unspecified atom stereocenters. The van der Waals surface area contributed by atoms with E-state index in [1.807, 2.05) is 54.3 Å². The van der Waals surface area contributed by atoms with Crippen molar-refractivity contribution in [1.82, 2.24) is 25.4 Å². The summed E-state index contributed by atoms with van der Waals surface area (Å²) in [4.78, 5) is 6.00. The molecule has 9 nitrogen and oxygen atoms in total. The molecule has 0 radical (unpaired) electrons. The Morgan fingerprint density at radius 1 is 1.11 bits per heavy atom. The highest BCUT2D eigenvalue weighted by molar-refractivity contribution is 7.92.